The summed E-state index contributed by atoms with van der Waals surface area (Å²) in [4.78, 5) is 0. The topological polar surface area (TPSA) is 21.3 Å². The number of rotatable bonds is 5. The second kappa shape index (κ2) is 6.05. The van der Waals surface area contributed by atoms with Gasteiger partial charge in [0.1, 0.15) is 6.23 Å². The van der Waals surface area contributed by atoms with E-state index in [1.54, 1.807) is 0 Å². The van der Waals surface area contributed by atoms with Crippen molar-refractivity contribution in [3.8, 4) is 0 Å². The summed E-state index contributed by atoms with van der Waals surface area (Å²) in [5.74, 6) is 0. The van der Waals surface area contributed by atoms with E-state index in [2.05, 4.69) is 12.2 Å². The van der Waals surface area contributed by atoms with Crippen LogP contribution in [0, 0.1) is 0 Å². The van der Waals surface area contributed by atoms with Crippen molar-refractivity contribution < 1.29 is 4.74 Å². The maximum absolute atomic E-state index is 5.23. The molecule has 0 aliphatic heterocycles. The molecule has 0 fully saturated rings. The van der Waals surface area contributed by atoms with Gasteiger partial charge >= 0.3 is 0 Å². The average molecular weight is 131 g/mol. The zero-order chi connectivity index (χ0) is 7.11. The molecule has 2 nitrogen and oxygen atoms in total. The molecule has 0 aromatic heterocycles. The van der Waals surface area contributed by atoms with Crippen molar-refractivity contribution in [1.29, 1.82) is 0 Å². The summed E-state index contributed by atoms with van der Waals surface area (Å²) < 4.78 is 5.23. The molecule has 0 amide bonds. The fourth-order valence-corrected chi connectivity index (χ4v) is 0.657. The van der Waals surface area contributed by atoms with Crippen LogP contribution < -0.4 is 5.32 Å². The van der Waals surface area contributed by atoms with Crippen molar-refractivity contribution in [3.63, 3.8) is 0 Å². The predicted octanol–water partition coefficient (Wildman–Crippen LogP) is 1.37. The second-order valence-corrected chi connectivity index (χ2v) is 2.05. The van der Waals surface area contributed by atoms with Gasteiger partial charge in [0.25, 0.3) is 0 Å². The van der Waals surface area contributed by atoms with E-state index < -0.39 is 0 Å². The lowest BCUT2D eigenvalue weighted by Gasteiger charge is -2.11. The van der Waals surface area contributed by atoms with E-state index in [1.807, 2.05) is 13.8 Å². The van der Waals surface area contributed by atoms with E-state index in [9.17, 15) is 0 Å². The highest BCUT2D eigenvalue weighted by molar-refractivity contribution is 4.45. The summed E-state index contributed by atoms with van der Waals surface area (Å²) in [7, 11) is 0. The average Bonchev–Trinajstić information content (AvgIpc) is 1.85. The summed E-state index contributed by atoms with van der Waals surface area (Å²) in [6.07, 6.45) is 1.38. The first-order chi connectivity index (χ1) is 4.31. The smallest absolute Gasteiger partial charge is 0.105 e. The zero-order valence-electron chi connectivity index (χ0n) is 6.61. The van der Waals surface area contributed by atoms with Gasteiger partial charge in [0.05, 0.1) is 0 Å². The molecule has 1 unspecified atom stereocenters. The van der Waals surface area contributed by atoms with Crippen LogP contribution in [0.15, 0.2) is 0 Å². The molecule has 1 N–H and O–H groups in total. The Hall–Kier alpha value is -0.0800. The molecule has 0 aromatic carbocycles. The SMILES string of the molecule is CCCNC(C)OCC. The molecule has 0 saturated heterocycles. The highest BCUT2D eigenvalue weighted by Crippen LogP contribution is 1.83. The molecule has 56 valence electrons. The molecule has 0 rings (SSSR count). The van der Waals surface area contributed by atoms with Gasteiger partial charge in [0.15, 0.2) is 0 Å². The molecule has 0 spiro atoms. The third kappa shape index (κ3) is 5.80. The molecule has 2 heteroatoms. The maximum atomic E-state index is 5.23. The summed E-state index contributed by atoms with van der Waals surface area (Å²) >= 11 is 0. The first-order valence-corrected chi connectivity index (χ1v) is 3.66. The minimum absolute atomic E-state index is 0.218. The first kappa shape index (κ1) is 8.92. The highest BCUT2D eigenvalue weighted by Gasteiger charge is 1.94. The normalized spacial score (nSPS) is 13.7. The molecule has 0 aromatic rings. The van der Waals surface area contributed by atoms with Crippen molar-refractivity contribution in [2.45, 2.75) is 33.4 Å². The Morgan fingerprint density at radius 2 is 2.11 bits per heavy atom. The van der Waals surface area contributed by atoms with E-state index in [4.69, 9.17) is 4.74 Å². The molecule has 0 bridgehead atoms. The molecular weight excluding hydrogens is 114 g/mol. The number of ether oxygens (including phenoxy) is 1. The lowest BCUT2D eigenvalue weighted by atomic mass is 10.5. The Morgan fingerprint density at radius 3 is 2.56 bits per heavy atom. The van der Waals surface area contributed by atoms with Crippen molar-refractivity contribution >= 4 is 0 Å². The van der Waals surface area contributed by atoms with Crippen LogP contribution in [0.2, 0.25) is 0 Å². The van der Waals surface area contributed by atoms with Crippen LogP contribution in [0.25, 0.3) is 0 Å². The highest BCUT2D eigenvalue weighted by atomic mass is 16.5. The van der Waals surface area contributed by atoms with Crippen LogP contribution in [0.1, 0.15) is 27.2 Å². The van der Waals surface area contributed by atoms with Crippen LogP contribution in [0.5, 0.6) is 0 Å². The standard InChI is InChI=1S/C7H17NO/c1-4-6-8-7(3)9-5-2/h7-8H,4-6H2,1-3H3. The Kier molecular flexibility index (Phi) is 5.99. The second-order valence-electron chi connectivity index (χ2n) is 2.05. The molecule has 0 radical (unpaired) electrons. The molecule has 0 aliphatic carbocycles. The summed E-state index contributed by atoms with van der Waals surface area (Å²) in [6.45, 7) is 8.01. The third-order valence-electron chi connectivity index (χ3n) is 1.10. The van der Waals surface area contributed by atoms with Crippen LogP contribution >= 0.6 is 0 Å². The molecule has 0 heterocycles. The predicted molar refractivity (Wildman–Crippen MR) is 39.4 cm³/mol. The van der Waals surface area contributed by atoms with Gasteiger partial charge in [-0.25, -0.2) is 0 Å². The van der Waals surface area contributed by atoms with Crippen LogP contribution in [0.4, 0.5) is 0 Å². The zero-order valence-corrected chi connectivity index (χ0v) is 6.61. The van der Waals surface area contributed by atoms with Crippen molar-refractivity contribution in [1.82, 2.24) is 5.32 Å². The Balaban J connectivity index is 2.95. The van der Waals surface area contributed by atoms with E-state index >= 15 is 0 Å². The van der Waals surface area contributed by atoms with Gasteiger partial charge in [-0.05, 0) is 26.8 Å². The minimum atomic E-state index is 0.218. The fraction of sp³-hybridized carbons (Fsp3) is 1.00. The van der Waals surface area contributed by atoms with Crippen LogP contribution in [0.3, 0.4) is 0 Å². The summed E-state index contributed by atoms with van der Waals surface area (Å²) in [5.41, 5.74) is 0. The van der Waals surface area contributed by atoms with Gasteiger partial charge in [-0.15, -0.1) is 0 Å². The number of nitrogens with one attached hydrogen (secondary N) is 1. The molecule has 9 heavy (non-hydrogen) atoms. The molecule has 1 atom stereocenters. The van der Waals surface area contributed by atoms with E-state index in [1.165, 1.54) is 0 Å². The van der Waals surface area contributed by atoms with Gasteiger partial charge < -0.3 is 4.74 Å². The number of hydrogen-bond acceptors (Lipinski definition) is 2. The van der Waals surface area contributed by atoms with Gasteiger partial charge in [0.2, 0.25) is 0 Å². The summed E-state index contributed by atoms with van der Waals surface area (Å²) in [5, 5.41) is 3.21. The van der Waals surface area contributed by atoms with E-state index in [0.717, 1.165) is 19.6 Å². The largest absolute Gasteiger partial charge is 0.364 e. The lowest BCUT2D eigenvalue weighted by molar-refractivity contribution is 0.0522. The van der Waals surface area contributed by atoms with Gasteiger partial charge in [0, 0.05) is 6.61 Å². The molecular formula is C7H17NO. The maximum Gasteiger partial charge on any atom is 0.105 e. The third-order valence-corrected chi connectivity index (χ3v) is 1.10. The Labute approximate surface area is 57.6 Å². The van der Waals surface area contributed by atoms with Crippen LogP contribution in [-0.4, -0.2) is 19.4 Å². The van der Waals surface area contributed by atoms with Gasteiger partial charge in [-0.3, -0.25) is 5.32 Å². The first-order valence-electron chi connectivity index (χ1n) is 3.66. The number of hydrogen-bond donors (Lipinski definition) is 1. The van der Waals surface area contributed by atoms with Gasteiger partial charge in [-0.1, -0.05) is 6.92 Å². The monoisotopic (exact) mass is 131 g/mol. The van der Waals surface area contributed by atoms with Crippen molar-refractivity contribution in [3.05, 3.63) is 0 Å². The fourth-order valence-electron chi connectivity index (χ4n) is 0.657. The Morgan fingerprint density at radius 1 is 1.44 bits per heavy atom. The lowest BCUT2D eigenvalue weighted by Crippen LogP contribution is -2.29. The van der Waals surface area contributed by atoms with E-state index in [0.29, 0.717) is 0 Å². The quantitative estimate of drug-likeness (QED) is 0.569. The van der Waals surface area contributed by atoms with Crippen molar-refractivity contribution in [2.75, 3.05) is 13.2 Å². The minimum Gasteiger partial charge on any atom is -0.364 e. The van der Waals surface area contributed by atoms with E-state index in [-0.39, 0.29) is 6.23 Å². The Bertz CT molecular complexity index is 56.9. The molecule has 0 saturated carbocycles. The summed E-state index contributed by atoms with van der Waals surface area (Å²) in [6, 6.07) is 0. The molecule has 0 aliphatic rings. The van der Waals surface area contributed by atoms with Crippen LogP contribution in [-0.2, 0) is 4.74 Å². The van der Waals surface area contributed by atoms with Crippen molar-refractivity contribution in [2.24, 2.45) is 0 Å². The van der Waals surface area contributed by atoms with Gasteiger partial charge in [-0.2, -0.15) is 0 Å².